The molecule has 1 N–H and O–H groups in total. The molecular formula is C21H23N5O3. The lowest BCUT2D eigenvalue weighted by molar-refractivity contribution is -0.135. The second-order valence-corrected chi connectivity index (χ2v) is 6.97. The fourth-order valence-corrected chi connectivity index (χ4v) is 3.70. The molecule has 0 bridgehead atoms. The number of nitrogens with one attached hydrogen (secondary N) is 1. The van der Waals surface area contributed by atoms with Gasteiger partial charge in [0.1, 0.15) is 17.6 Å². The summed E-state index contributed by atoms with van der Waals surface area (Å²) in [4.78, 5) is 26.8. The van der Waals surface area contributed by atoms with E-state index in [1.165, 1.54) is 0 Å². The highest BCUT2D eigenvalue weighted by Gasteiger charge is 2.36. The van der Waals surface area contributed by atoms with Gasteiger partial charge in [0.25, 0.3) is 0 Å². The highest BCUT2D eigenvalue weighted by molar-refractivity contribution is 5.90. The predicted molar refractivity (Wildman–Crippen MR) is 106 cm³/mol. The molecule has 0 aliphatic carbocycles. The number of likely N-dealkylation sites (tertiary alicyclic amines) is 1. The number of amides is 2. The van der Waals surface area contributed by atoms with Gasteiger partial charge in [-0.1, -0.05) is 24.3 Å². The third-order valence-electron chi connectivity index (χ3n) is 5.20. The summed E-state index contributed by atoms with van der Waals surface area (Å²) in [5, 5.41) is 11.2. The van der Waals surface area contributed by atoms with E-state index in [0.29, 0.717) is 38.1 Å². The van der Waals surface area contributed by atoms with Gasteiger partial charge in [0, 0.05) is 31.1 Å². The van der Waals surface area contributed by atoms with Crippen LogP contribution in [0.5, 0.6) is 5.75 Å². The number of hydrogen-bond donors (Lipinski definition) is 1. The van der Waals surface area contributed by atoms with Crippen molar-refractivity contribution >= 4 is 17.5 Å². The predicted octanol–water partition coefficient (Wildman–Crippen LogP) is 1.59. The zero-order valence-corrected chi connectivity index (χ0v) is 16.2. The van der Waals surface area contributed by atoms with E-state index in [4.69, 9.17) is 4.74 Å². The maximum Gasteiger partial charge on any atom is 0.242 e. The van der Waals surface area contributed by atoms with Gasteiger partial charge in [-0.15, -0.1) is 10.2 Å². The SMILES string of the molecule is COc1ccccc1CN1C(=O)CCC1C(=O)NCCc1nnc2ccccn12. The van der Waals surface area contributed by atoms with Crippen molar-refractivity contribution < 1.29 is 14.3 Å². The van der Waals surface area contributed by atoms with Gasteiger partial charge in [-0.05, 0) is 24.6 Å². The fraction of sp³-hybridized carbons (Fsp3) is 0.333. The maximum absolute atomic E-state index is 12.8. The number of ether oxygens (including phenoxy) is 1. The molecule has 0 radical (unpaired) electrons. The van der Waals surface area contributed by atoms with Crippen LogP contribution < -0.4 is 10.1 Å². The number of rotatable bonds is 7. The molecule has 1 unspecified atom stereocenters. The standard InChI is InChI=1S/C21H23N5O3/c1-29-17-7-3-2-6-15(17)14-26-16(9-10-20(26)27)21(28)22-12-11-19-24-23-18-8-4-5-13-25(18)19/h2-8,13,16H,9-12,14H2,1H3,(H,22,28). The van der Waals surface area contributed by atoms with Crippen molar-refractivity contribution in [1.29, 1.82) is 0 Å². The Morgan fingerprint density at radius 3 is 2.90 bits per heavy atom. The van der Waals surface area contributed by atoms with Gasteiger partial charge in [-0.3, -0.25) is 14.0 Å². The van der Waals surface area contributed by atoms with Crippen LogP contribution in [-0.2, 0) is 22.6 Å². The van der Waals surface area contributed by atoms with Crippen LogP contribution >= 0.6 is 0 Å². The van der Waals surface area contributed by atoms with Crippen LogP contribution in [0.3, 0.4) is 0 Å². The molecule has 8 heteroatoms. The smallest absolute Gasteiger partial charge is 0.242 e. The Bertz CT molecular complexity index is 1030. The van der Waals surface area contributed by atoms with Gasteiger partial charge >= 0.3 is 0 Å². The lowest BCUT2D eigenvalue weighted by atomic mass is 10.1. The van der Waals surface area contributed by atoms with E-state index >= 15 is 0 Å². The van der Waals surface area contributed by atoms with Crippen molar-refractivity contribution in [1.82, 2.24) is 24.8 Å². The molecule has 1 aliphatic rings. The molecule has 0 saturated carbocycles. The van der Waals surface area contributed by atoms with Crippen LogP contribution in [0, 0.1) is 0 Å². The summed E-state index contributed by atoms with van der Waals surface area (Å²) in [6, 6.07) is 12.8. The zero-order valence-electron chi connectivity index (χ0n) is 16.2. The number of aromatic nitrogens is 3. The average molecular weight is 393 g/mol. The number of fused-ring (bicyclic) bond motifs is 1. The second-order valence-electron chi connectivity index (χ2n) is 6.97. The first-order valence-electron chi connectivity index (χ1n) is 9.65. The summed E-state index contributed by atoms with van der Waals surface area (Å²) in [7, 11) is 1.60. The minimum atomic E-state index is -0.470. The average Bonchev–Trinajstić information content (AvgIpc) is 3.32. The van der Waals surface area contributed by atoms with Gasteiger partial charge in [0.05, 0.1) is 13.7 Å². The first-order chi connectivity index (χ1) is 14.2. The number of carbonyl (C=O) groups excluding carboxylic acids is 2. The van der Waals surface area contributed by atoms with Crippen molar-refractivity contribution in [2.75, 3.05) is 13.7 Å². The Kier molecular flexibility index (Phi) is 5.41. The van der Waals surface area contributed by atoms with Crippen LogP contribution in [0.15, 0.2) is 48.7 Å². The summed E-state index contributed by atoms with van der Waals surface area (Å²) in [6.45, 7) is 0.789. The minimum absolute atomic E-state index is 0.0143. The van der Waals surface area contributed by atoms with Crippen LogP contribution in [0.25, 0.3) is 5.65 Å². The van der Waals surface area contributed by atoms with Gasteiger partial charge < -0.3 is 15.0 Å². The molecule has 1 aliphatic heterocycles. The Morgan fingerprint density at radius 1 is 1.21 bits per heavy atom. The zero-order chi connectivity index (χ0) is 20.2. The first kappa shape index (κ1) is 18.9. The first-order valence-corrected chi connectivity index (χ1v) is 9.65. The molecule has 1 fully saturated rings. The van der Waals surface area contributed by atoms with Gasteiger partial charge in [-0.25, -0.2) is 0 Å². The highest BCUT2D eigenvalue weighted by atomic mass is 16.5. The van der Waals surface area contributed by atoms with E-state index in [1.807, 2.05) is 53.1 Å². The quantitative estimate of drug-likeness (QED) is 0.659. The molecule has 29 heavy (non-hydrogen) atoms. The molecule has 4 rings (SSSR count). The second kappa shape index (κ2) is 8.30. The molecule has 2 aromatic heterocycles. The summed E-state index contributed by atoms with van der Waals surface area (Å²) >= 11 is 0. The summed E-state index contributed by atoms with van der Waals surface area (Å²) in [6.07, 6.45) is 3.36. The van der Waals surface area contributed by atoms with Crippen LogP contribution in [0.1, 0.15) is 24.2 Å². The number of pyridine rings is 1. The van der Waals surface area contributed by atoms with E-state index in [2.05, 4.69) is 15.5 Å². The molecule has 1 saturated heterocycles. The summed E-state index contributed by atoms with van der Waals surface area (Å²) in [5.74, 6) is 1.35. The third-order valence-corrected chi connectivity index (χ3v) is 5.20. The van der Waals surface area contributed by atoms with E-state index in [9.17, 15) is 9.59 Å². The summed E-state index contributed by atoms with van der Waals surface area (Å²) < 4.78 is 7.28. The monoisotopic (exact) mass is 393 g/mol. The molecule has 2 amide bonds. The molecule has 150 valence electrons. The van der Waals surface area contributed by atoms with Crippen LogP contribution in [-0.4, -0.2) is 51.0 Å². The Labute approximate surface area is 168 Å². The van der Waals surface area contributed by atoms with E-state index < -0.39 is 6.04 Å². The van der Waals surface area contributed by atoms with Crippen molar-refractivity contribution in [3.8, 4) is 5.75 Å². The molecule has 1 aromatic carbocycles. The number of benzene rings is 1. The van der Waals surface area contributed by atoms with Crippen molar-refractivity contribution in [3.63, 3.8) is 0 Å². The summed E-state index contributed by atoms with van der Waals surface area (Å²) in [5.41, 5.74) is 1.66. The van der Waals surface area contributed by atoms with Crippen molar-refractivity contribution in [3.05, 3.63) is 60.0 Å². The van der Waals surface area contributed by atoms with Gasteiger partial charge in [0.15, 0.2) is 5.65 Å². The van der Waals surface area contributed by atoms with Crippen molar-refractivity contribution in [2.45, 2.75) is 31.8 Å². The number of hydrogen-bond acceptors (Lipinski definition) is 5. The molecule has 0 spiro atoms. The fourth-order valence-electron chi connectivity index (χ4n) is 3.70. The largest absolute Gasteiger partial charge is 0.496 e. The molecular weight excluding hydrogens is 370 g/mol. The van der Waals surface area contributed by atoms with E-state index in [1.54, 1.807) is 12.0 Å². The Morgan fingerprint density at radius 2 is 2.03 bits per heavy atom. The van der Waals surface area contributed by atoms with Crippen LogP contribution in [0.4, 0.5) is 0 Å². The van der Waals surface area contributed by atoms with Gasteiger partial charge in [0.2, 0.25) is 11.8 Å². The normalized spacial score (nSPS) is 16.4. The lowest BCUT2D eigenvalue weighted by Crippen LogP contribution is -2.44. The number of methoxy groups -OCH3 is 1. The number of nitrogens with zero attached hydrogens (tertiary/aromatic N) is 4. The van der Waals surface area contributed by atoms with E-state index in [0.717, 1.165) is 17.0 Å². The third kappa shape index (κ3) is 3.91. The van der Waals surface area contributed by atoms with Gasteiger partial charge in [-0.2, -0.15) is 0 Å². The molecule has 1 atom stereocenters. The van der Waals surface area contributed by atoms with Crippen molar-refractivity contribution in [2.24, 2.45) is 0 Å². The number of para-hydroxylation sites is 1. The maximum atomic E-state index is 12.8. The molecule has 3 aromatic rings. The minimum Gasteiger partial charge on any atom is -0.496 e. The topological polar surface area (TPSA) is 88.8 Å². The lowest BCUT2D eigenvalue weighted by Gasteiger charge is -2.25. The van der Waals surface area contributed by atoms with E-state index in [-0.39, 0.29) is 11.8 Å². The molecule has 8 nitrogen and oxygen atoms in total. The Hall–Kier alpha value is -3.42. The highest BCUT2D eigenvalue weighted by Crippen LogP contribution is 2.25. The van der Waals surface area contributed by atoms with Crippen LogP contribution in [0.2, 0.25) is 0 Å². The molecule has 3 heterocycles. The Balaban J connectivity index is 1.38. The number of carbonyl (C=O) groups is 2.